The van der Waals surface area contributed by atoms with Gasteiger partial charge in [0.15, 0.2) is 0 Å². The van der Waals surface area contributed by atoms with Gasteiger partial charge >= 0.3 is 10.2 Å². The average Bonchev–Trinajstić information content (AvgIpc) is 3.30. The zero-order valence-corrected chi connectivity index (χ0v) is 29.7. The summed E-state index contributed by atoms with van der Waals surface area (Å²) >= 11 is 0. The zero-order chi connectivity index (χ0) is 34.4. The van der Waals surface area contributed by atoms with E-state index in [0.29, 0.717) is 63.1 Å². The van der Waals surface area contributed by atoms with Gasteiger partial charge in [0.25, 0.3) is 11.8 Å². The first-order valence-electron chi connectivity index (χ1n) is 17.5. The molecule has 49 heavy (non-hydrogen) atoms. The molecule has 1 saturated carbocycles. The summed E-state index contributed by atoms with van der Waals surface area (Å²) in [6, 6.07) is 11.5. The molecular weight excluding hydrogens is 643 g/mol. The lowest BCUT2D eigenvalue weighted by molar-refractivity contribution is -0.139. The number of carbonyl (C=O) groups excluding carboxylic acids is 2. The van der Waals surface area contributed by atoms with Gasteiger partial charge in [0.1, 0.15) is 5.75 Å². The molecule has 2 amide bonds. The second kappa shape index (κ2) is 13.5. The Kier molecular flexibility index (Phi) is 9.33. The predicted molar refractivity (Wildman–Crippen MR) is 190 cm³/mol. The van der Waals surface area contributed by atoms with Crippen molar-refractivity contribution in [3.05, 3.63) is 58.7 Å². The summed E-state index contributed by atoms with van der Waals surface area (Å²) < 4.78 is 43.9. The van der Waals surface area contributed by atoms with Crippen LogP contribution in [0.2, 0.25) is 0 Å². The number of hydrogen-bond acceptors (Lipinski definition) is 7. The Labute approximate surface area is 289 Å². The molecule has 3 aromatic rings. The molecule has 4 aliphatic rings. The summed E-state index contributed by atoms with van der Waals surface area (Å²) in [4.78, 5) is 31.9. The monoisotopic (exact) mass is 689 g/mol. The summed E-state index contributed by atoms with van der Waals surface area (Å²) in [5.41, 5.74) is 5.89. The lowest BCUT2D eigenvalue weighted by Crippen LogP contribution is -2.52. The lowest BCUT2D eigenvalue weighted by Gasteiger charge is -2.35. The van der Waals surface area contributed by atoms with Crippen molar-refractivity contribution in [3.63, 3.8) is 0 Å². The van der Waals surface area contributed by atoms with Gasteiger partial charge in [-0.05, 0) is 87.2 Å². The highest BCUT2D eigenvalue weighted by atomic mass is 32.2. The Morgan fingerprint density at radius 1 is 0.939 bits per heavy atom. The summed E-state index contributed by atoms with van der Waals surface area (Å²) in [7, 11) is -0.418. The number of rotatable bonds is 6. The van der Waals surface area contributed by atoms with E-state index in [1.807, 2.05) is 50.1 Å². The number of likely N-dealkylation sites (N-methyl/N-ethyl adjacent to an activating group) is 1. The molecule has 0 bridgehead atoms. The van der Waals surface area contributed by atoms with Crippen molar-refractivity contribution in [1.82, 2.24) is 23.4 Å². The molecule has 2 atom stereocenters. The van der Waals surface area contributed by atoms with Crippen LogP contribution in [0.25, 0.3) is 28.2 Å². The third kappa shape index (κ3) is 6.63. The molecule has 1 aliphatic carbocycles. The Morgan fingerprint density at radius 2 is 1.65 bits per heavy atom. The minimum Gasteiger partial charge on any atom is -0.497 e. The number of morpholine rings is 1. The highest BCUT2D eigenvalue weighted by Crippen LogP contribution is 2.47. The molecule has 11 nitrogen and oxygen atoms in total. The van der Waals surface area contributed by atoms with Crippen molar-refractivity contribution < 1.29 is 27.5 Å². The second-order valence-electron chi connectivity index (χ2n) is 14.1. The number of benzene rings is 2. The quantitative estimate of drug-likeness (QED) is 0.402. The molecule has 0 spiro atoms. The first-order valence-corrected chi connectivity index (χ1v) is 19.0. The van der Waals surface area contributed by atoms with Crippen LogP contribution in [0.3, 0.4) is 0 Å². The van der Waals surface area contributed by atoms with E-state index in [-0.39, 0.29) is 23.7 Å². The highest BCUT2D eigenvalue weighted by molar-refractivity contribution is 7.87. The number of hydrogen-bond donors (Lipinski definition) is 1. The number of amides is 2. The Bertz CT molecular complexity index is 1900. The Morgan fingerprint density at radius 3 is 2.35 bits per heavy atom. The fraction of sp³-hybridized carbons (Fsp3) is 0.514. The molecule has 3 fully saturated rings. The van der Waals surface area contributed by atoms with Gasteiger partial charge in [0.2, 0.25) is 0 Å². The van der Waals surface area contributed by atoms with E-state index >= 15 is 0 Å². The first kappa shape index (κ1) is 33.8. The third-order valence-electron chi connectivity index (χ3n) is 10.6. The molecule has 12 heteroatoms. The normalized spacial score (nSPS) is 22.6. The maximum atomic E-state index is 14.3. The molecule has 1 unspecified atom stereocenters. The van der Waals surface area contributed by atoms with Crippen molar-refractivity contribution >= 4 is 39.0 Å². The number of fused-ring (bicyclic) bond motifs is 5. The standard InChI is InChI=1S/C37H47N5O6S/c1-24-21-40(22-25(2)48-24)37(44)29-18-28-19-30(47-4)11-13-31(28)35-34(26-8-6-5-7-9-26)32-12-10-27(20-33(32)42(35)23-29)36(43)38-49(45,46)41-16-14-39(3)15-17-41/h10-13,18-20,24-26H,5-9,14-17,21-23H2,1-4H3,(H,38,43)/t24-,25?/m0/s1. The van der Waals surface area contributed by atoms with Crippen LogP contribution >= 0.6 is 0 Å². The first-order chi connectivity index (χ1) is 23.5. The average molecular weight is 690 g/mol. The summed E-state index contributed by atoms with van der Waals surface area (Å²) in [5, 5.41) is 1.03. The van der Waals surface area contributed by atoms with Gasteiger partial charge in [-0.1, -0.05) is 25.3 Å². The van der Waals surface area contributed by atoms with E-state index in [9.17, 15) is 18.0 Å². The minimum absolute atomic E-state index is 0.0446. The maximum absolute atomic E-state index is 14.3. The summed E-state index contributed by atoms with van der Waals surface area (Å²) in [5.74, 6) is 0.312. The van der Waals surface area contributed by atoms with Crippen molar-refractivity contribution in [1.29, 1.82) is 0 Å². The van der Waals surface area contributed by atoms with E-state index in [2.05, 4.69) is 20.3 Å². The van der Waals surface area contributed by atoms with Crippen molar-refractivity contribution in [2.45, 2.75) is 70.6 Å². The van der Waals surface area contributed by atoms with Gasteiger partial charge in [-0.3, -0.25) is 9.59 Å². The number of carbonyl (C=O) groups is 2. The fourth-order valence-electron chi connectivity index (χ4n) is 8.13. The van der Waals surface area contributed by atoms with Gasteiger partial charge in [-0.15, -0.1) is 0 Å². The van der Waals surface area contributed by atoms with E-state index in [1.165, 1.54) is 16.3 Å². The molecular formula is C37H47N5O6S. The summed E-state index contributed by atoms with van der Waals surface area (Å²) in [6.07, 6.45) is 7.47. The van der Waals surface area contributed by atoms with Crippen LogP contribution in [-0.4, -0.2) is 105 Å². The van der Waals surface area contributed by atoms with Crippen LogP contribution in [-0.2, 0) is 26.3 Å². The predicted octanol–water partition coefficient (Wildman–Crippen LogP) is 4.62. The van der Waals surface area contributed by atoms with Gasteiger partial charge in [0.05, 0.1) is 31.6 Å². The molecule has 2 aromatic carbocycles. The molecule has 0 radical (unpaired) electrons. The summed E-state index contributed by atoms with van der Waals surface area (Å²) in [6.45, 7) is 7.14. The lowest BCUT2D eigenvalue weighted by atomic mass is 9.81. The Balaban J connectivity index is 1.35. The molecule has 3 aliphatic heterocycles. The van der Waals surface area contributed by atoms with E-state index < -0.39 is 16.1 Å². The van der Waals surface area contributed by atoms with Crippen LogP contribution < -0.4 is 9.46 Å². The number of ether oxygens (including phenoxy) is 2. The molecule has 4 heterocycles. The number of piperazine rings is 1. The third-order valence-corrected chi connectivity index (χ3v) is 12.0. The van der Waals surface area contributed by atoms with E-state index in [4.69, 9.17) is 9.47 Å². The van der Waals surface area contributed by atoms with Crippen molar-refractivity contribution in [2.75, 3.05) is 53.4 Å². The second-order valence-corrected chi connectivity index (χ2v) is 15.8. The minimum atomic E-state index is -4.01. The largest absolute Gasteiger partial charge is 0.497 e. The number of nitrogens with zero attached hydrogens (tertiary/aromatic N) is 4. The topological polar surface area (TPSA) is 113 Å². The van der Waals surface area contributed by atoms with Gasteiger partial charge in [-0.2, -0.15) is 12.7 Å². The fourth-order valence-corrected chi connectivity index (χ4v) is 9.25. The molecule has 1 aromatic heterocycles. The van der Waals surface area contributed by atoms with Crippen molar-refractivity contribution in [2.24, 2.45) is 0 Å². The van der Waals surface area contributed by atoms with Gasteiger partial charge in [0, 0.05) is 66.9 Å². The van der Waals surface area contributed by atoms with E-state index in [1.54, 1.807) is 19.2 Å². The molecule has 1 N–H and O–H groups in total. The van der Waals surface area contributed by atoms with Crippen LogP contribution in [0, 0.1) is 0 Å². The molecule has 2 saturated heterocycles. The number of nitrogens with one attached hydrogen (secondary N) is 1. The van der Waals surface area contributed by atoms with Crippen LogP contribution in [0.1, 0.15) is 73.4 Å². The van der Waals surface area contributed by atoms with Crippen LogP contribution in [0.15, 0.2) is 42.0 Å². The van der Waals surface area contributed by atoms with Crippen LogP contribution in [0.4, 0.5) is 0 Å². The highest BCUT2D eigenvalue weighted by Gasteiger charge is 2.34. The zero-order valence-electron chi connectivity index (χ0n) is 28.9. The SMILES string of the molecule is COc1ccc2c(c1)C=C(C(=O)N1CC(C)O[C@@H](C)C1)Cn1c-2c(C2CCCCC2)c2ccc(C(=O)NS(=O)(=O)N3CCN(C)CC3)cc21. The smallest absolute Gasteiger partial charge is 0.304 e. The van der Waals surface area contributed by atoms with Gasteiger partial charge < -0.3 is 23.8 Å². The molecule has 7 rings (SSSR count). The Hall–Kier alpha value is -3.71. The maximum Gasteiger partial charge on any atom is 0.304 e. The molecule has 262 valence electrons. The van der Waals surface area contributed by atoms with Crippen molar-refractivity contribution in [3.8, 4) is 17.0 Å². The number of aromatic nitrogens is 1. The van der Waals surface area contributed by atoms with Gasteiger partial charge in [-0.25, -0.2) is 4.72 Å². The van der Waals surface area contributed by atoms with E-state index in [0.717, 1.165) is 53.4 Å². The number of methoxy groups -OCH3 is 1. The van der Waals surface area contributed by atoms with Crippen LogP contribution in [0.5, 0.6) is 5.75 Å².